The van der Waals surface area contributed by atoms with Crippen LogP contribution in [0.1, 0.15) is 0 Å². The maximum atomic E-state index is 10.6. The summed E-state index contributed by atoms with van der Waals surface area (Å²) in [5, 5.41) is 23.4. The Balaban J connectivity index is 2.34. The molecule has 5 heteroatoms. The molecule has 0 aliphatic carbocycles. The summed E-state index contributed by atoms with van der Waals surface area (Å²) in [7, 11) is 1.85. The van der Waals surface area contributed by atoms with Crippen molar-refractivity contribution in [2.45, 2.75) is 0 Å². The molecular weight excluding hydrogens is 335 g/mol. The molecule has 0 aliphatic heterocycles. The lowest BCUT2D eigenvalue weighted by Crippen LogP contribution is -2.23. The Labute approximate surface area is 148 Å². The monoisotopic (exact) mass is 354 g/mol. The molecule has 2 N–H and O–H groups in total. The second kappa shape index (κ2) is 7.45. The molecule has 3 rings (SSSR count). The maximum Gasteiger partial charge on any atom is 0.130 e. The molecule has 25 heavy (non-hydrogen) atoms. The summed E-state index contributed by atoms with van der Waals surface area (Å²) in [6.07, 6.45) is 0. The van der Waals surface area contributed by atoms with Crippen LogP contribution in [-0.2, 0) is 0 Å². The van der Waals surface area contributed by atoms with Crippen LogP contribution in [0.5, 0.6) is 23.0 Å². The van der Waals surface area contributed by atoms with Gasteiger partial charge < -0.3 is 19.7 Å². The molecule has 0 fully saturated rings. The SMILES string of the molecule is COc1cccc(O)c1P(c1ccccc1)c1c(O)cccc1OC. The van der Waals surface area contributed by atoms with Crippen LogP contribution in [-0.4, -0.2) is 24.4 Å². The first kappa shape index (κ1) is 17.1. The predicted octanol–water partition coefficient (Wildman–Crippen LogP) is 2.87. The Morgan fingerprint density at radius 3 is 1.56 bits per heavy atom. The van der Waals surface area contributed by atoms with E-state index in [4.69, 9.17) is 9.47 Å². The summed E-state index contributed by atoms with van der Waals surface area (Å²) in [5.74, 6) is 1.39. The van der Waals surface area contributed by atoms with Crippen molar-refractivity contribution in [1.29, 1.82) is 0 Å². The number of phenols is 2. The molecule has 0 atom stereocenters. The Morgan fingerprint density at radius 2 is 1.12 bits per heavy atom. The summed E-state index contributed by atoms with van der Waals surface area (Å²) in [5.41, 5.74) is 0. The van der Waals surface area contributed by atoms with Gasteiger partial charge in [-0.1, -0.05) is 42.5 Å². The number of hydrogen-bond acceptors (Lipinski definition) is 4. The van der Waals surface area contributed by atoms with Gasteiger partial charge in [0.1, 0.15) is 23.0 Å². The van der Waals surface area contributed by atoms with Crippen molar-refractivity contribution < 1.29 is 19.7 Å². The lowest BCUT2D eigenvalue weighted by Gasteiger charge is -2.24. The Bertz CT molecular complexity index is 811. The molecule has 3 aromatic carbocycles. The molecule has 0 aromatic heterocycles. The van der Waals surface area contributed by atoms with Crippen molar-refractivity contribution >= 4 is 23.8 Å². The number of phenolic OH excluding ortho intramolecular Hbond substituents is 2. The highest BCUT2D eigenvalue weighted by molar-refractivity contribution is 7.80. The van der Waals surface area contributed by atoms with Gasteiger partial charge in [-0.25, -0.2) is 0 Å². The van der Waals surface area contributed by atoms with Crippen molar-refractivity contribution in [2.24, 2.45) is 0 Å². The Morgan fingerprint density at radius 1 is 0.640 bits per heavy atom. The number of hydrogen-bond donors (Lipinski definition) is 2. The summed E-state index contributed by atoms with van der Waals surface area (Å²) >= 11 is 0. The van der Waals surface area contributed by atoms with Crippen LogP contribution in [0.25, 0.3) is 0 Å². The van der Waals surface area contributed by atoms with Gasteiger partial charge in [-0.3, -0.25) is 0 Å². The van der Waals surface area contributed by atoms with Crippen molar-refractivity contribution in [1.82, 2.24) is 0 Å². The molecule has 4 nitrogen and oxygen atoms in total. The smallest absolute Gasteiger partial charge is 0.130 e. The quantitative estimate of drug-likeness (QED) is 0.692. The fourth-order valence-corrected chi connectivity index (χ4v) is 5.34. The molecule has 0 saturated heterocycles. The van der Waals surface area contributed by atoms with Gasteiger partial charge in [0.15, 0.2) is 0 Å². The van der Waals surface area contributed by atoms with Gasteiger partial charge in [0, 0.05) is 7.92 Å². The normalized spacial score (nSPS) is 10.7. The lowest BCUT2D eigenvalue weighted by molar-refractivity contribution is 0.412. The summed E-state index contributed by atoms with van der Waals surface area (Å²) in [6.45, 7) is 0. The predicted molar refractivity (Wildman–Crippen MR) is 102 cm³/mol. The van der Waals surface area contributed by atoms with Gasteiger partial charge in [0.05, 0.1) is 24.8 Å². The molecule has 0 aliphatic rings. The van der Waals surface area contributed by atoms with Gasteiger partial charge >= 0.3 is 0 Å². The zero-order chi connectivity index (χ0) is 17.8. The molecule has 0 spiro atoms. The zero-order valence-corrected chi connectivity index (χ0v) is 14.9. The van der Waals surface area contributed by atoms with Crippen LogP contribution in [0.15, 0.2) is 66.7 Å². The van der Waals surface area contributed by atoms with Gasteiger partial charge in [-0.05, 0) is 29.6 Å². The fourth-order valence-electron chi connectivity index (χ4n) is 2.75. The van der Waals surface area contributed by atoms with E-state index in [-0.39, 0.29) is 11.5 Å². The topological polar surface area (TPSA) is 58.9 Å². The number of benzene rings is 3. The van der Waals surface area contributed by atoms with E-state index in [0.717, 1.165) is 5.30 Å². The summed E-state index contributed by atoms with van der Waals surface area (Å²) in [6, 6.07) is 20.1. The third-order valence-corrected chi connectivity index (χ3v) is 6.46. The maximum absolute atomic E-state index is 10.6. The average molecular weight is 354 g/mol. The second-order valence-corrected chi connectivity index (χ2v) is 7.41. The van der Waals surface area contributed by atoms with E-state index in [2.05, 4.69) is 0 Å². The Hall–Kier alpha value is -2.71. The largest absolute Gasteiger partial charge is 0.507 e. The van der Waals surface area contributed by atoms with E-state index in [1.54, 1.807) is 50.6 Å². The van der Waals surface area contributed by atoms with E-state index < -0.39 is 7.92 Å². The average Bonchev–Trinajstić information content (AvgIpc) is 2.65. The molecule has 0 bridgehead atoms. The van der Waals surface area contributed by atoms with Crippen LogP contribution >= 0.6 is 7.92 Å². The Kier molecular flexibility index (Phi) is 5.11. The van der Waals surface area contributed by atoms with Crippen molar-refractivity contribution in [3.05, 3.63) is 66.7 Å². The molecule has 0 unspecified atom stereocenters. The number of aromatic hydroxyl groups is 2. The number of rotatable bonds is 5. The molecule has 0 heterocycles. The zero-order valence-electron chi connectivity index (χ0n) is 14.0. The fraction of sp³-hybridized carbons (Fsp3) is 0.100. The van der Waals surface area contributed by atoms with Gasteiger partial charge in [0.2, 0.25) is 0 Å². The van der Waals surface area contributed by atoms with Crippen LogP contribution in [0.3, 0.4) is 0 Å². The third kappa shape index (κ3) is 3.26. The molecule has 0 amide bonds. The number of ether oxygens (including phenoxy) is 2. The van der Waals surface area contributed by atoms with Gasteiger partial charge in [-0.2, -0.15) is 0 Å². The van der Waals surface area contributed by atoms with E-state index in [0.29, 0.717) is 22.1 Å². The van der Waals surface area contributed by atoms with Crippen molar-refractivity contribution in [2.75, 3.05) is 14.2 Å². The number of methoxy groups -OCH3 is 2. The highest BCUT2D eigenvalue weighted by Gasteiger charge is 2.28. The highest BCUT2D eigenvalue weighted by atomic mass is 31.1. The van der Waals surface area contributed by atoms with Gasteiger partial charge in [0.25, 0.3) is 0 Å². The van der Waals surface area contributed by atoms with Crippen LogP contribution in [0, 0.1) is 0 Å². The minimum Gasteiger partial charge on any atom is -0.507 e. The van der Waals surface area contributed by atoms with Gasteiger partial charge in [-0.15, -0.1) is 0 Å². The van der Waals surface area contributed by atoms with E-state index in [9.17, 15) is 10.2 Å². The first-order chi connectivity index (χ1) is 12.2. The third-order valence-electron chi connectivity index (χ3n) is 3.86. The van der Waals surface area contributed by atoms with Crippen molar-refractivity contribution in [3.8, 4) is 23.0 Å². The van der Waals surface area contributed by atoms with Crippen molar-refractivity contribution in [3.63, 3.8) is 0 Å². The second-order valence-electron chi connectivity index (χ2n) is 5.33. The minimum atomic E-state index is -1.29. The minimum absolute atomic E-state index is 0.125. The molecule has 3 aromatic rings. The summed E-state index contributed by atoms with van der Waals surface area (Å²) < 4.78 is 11.0. The molecule has 0 radical (unpaired) electrons. The first-order valence-electron chi connectivity index (χ1n) is 7.74. The standard InChI is InChI=1S/C20H19O4P/c1-23-17-12-6-10-15(21)19(17)25(14-8-4-3-5-9-14)20-16(22)11-7-13-18(20)24-2/h3-13,21-22H,1-2H3. The van der Waals surface area contributed by atoms with Crippen LogP contribution in [0.2, 0.25) is 0 Å². The molecule has 0 saturated carbocycles. The first-order valence-corrected chi connectivity index (χ1v) is 9.08. The van der Waals surface area contributed by atoms with Crippen LogP contribution < -0.4 is 25.4 Å². The molecular formula is C20H19O4P. The lowest BCUT2D eigenvalue weighted by atomic mass is 10.3. The van der Waals surface area contributed by atoms with E-state index in [1.165, 1.54) is 0 Å². The van der Waals surface area contributed by atoms with Crippen LogP contribution in [0.4, 0.5) is 0 Å². The molecule has 128 valence electrons. The highest BCUT2D eigenvalue weighted by Crippen LogP contribution is 2.44. The summed E-state index contributed by atoms with van der Waals surface area (Å²) in [4.78, 5) is 0. The van der Waals surface area contributed by atoms with E-state index in [1.807, 2.05) is 30.3 Å². The van der Waals surface area contributed by atoms with E-state index >= 15 is 0 Å².